The van der Waals surface area contributed by atoms with Crippen LogP contribution in [-0.2, 0) is 13.5 Å². The summed E-state index contributed by atoms with van der Waals surface area (Å²) in [5.74, 6) is 0.841. The van der Waals surface area contributed by atoms with Gasteiger partial charge in [0.15, 0.2) is 11.6 Å². The van der Waals surface area contributed by atoms with Gasteiger partial charge in [-0.3, -0.25) is 10.1 Å². The number of hydrogen-bond donors (Lipinski definition) is 3. The highest BCUT2D eigenvalue weighted by atomic mass is 79.9. The van der Waals surface area contributed by atoms with Gasteiger partial charge in [-0.1, -0.05) is 35.4 Å². The normalized spacial score (nSPS) is 12.5. The minimum absolute atomic E-state index is 0.00390. The van der Waals surface area contributed by atoms with Crippen molar-refractivity contribution in [3.05, 3.63) is 69.6 Å². The fourth-order valence-corrected chi connectivity index (χ4v) is 3.96. The standard InChI is InChI=1S/C24H28BrClN6O/c1-5-29-11-16(23(26)27)9-17-13-32(4)31-22(17)19-7-6-14(2)8-20(19)15(3)33-21-10-18(25)12-30-24(21)28/h6-8,10-13,15,27,29H,5,9H2,1-4H3,(H2,28,30)/b16-11-,27-23?/t15-/m1/s1. The van der Waals surface area contributed by atoms with Gasteiger partial charge >= 0.3 is 0 Å². The van der Waals surface area contributed by atoms with E-state index in [0.29, 0.717) is 23.6 Å². The van der Waals surface area contributed by atoms with Gasteiger partial charge in [0.05, 0.1) is 5.69 Å². The molecule has 3 aromatic rings. The highest BCUT2D eigenvalue weighted by Gasteiger charge is 2.21. The lowest BCUT2D eigenvalue weighted by atomic mass is 9.94. The summed E-state index contributed by atoms with van der Waals surface area (Å²) in [7, 11) is 1.88. The summed E-state index contributed by atoms with van der Waals surface area (Å²) in [4.78, 5) is 4.16. The molecule has 1 atom stereocenters. The van der Waals surface area contributed by atoms with Crippen LogP contribution in [0.3, 0.4) is 0 Å². The second-order valence-corrected chi connectivity index (χ2v) is 9.08. The number of pyridine rings is 1. The number of nitrogens with zero attached hydrogens (tertiary/aromatic N) is 3. The number of hydrogen-bond acceptors (Lipinski definition) is 6. The van der Waals surface area contributed by atoms with Crippen LogP contribution in [0.5, 0.6) is 5.75 Å². The molecule has 0 aliphatic rings. The first-order valence-electron chi connectivity index (χ1n) is 10.6. The van der Waals surface area contributed by atoms with Gasteiger partial charge in [0.2, 0.25) is 0 Å². The van der Waals surface area contributed by atoms with Crippen molar-refractivity contribution in [2.75, 3.05) is 12.3 Å². The molecule has 0 radical (unpaired) electrons. The van der Waals surface area contributed by atoms with Crippen LogP contribution in [0.15, 0.2) is 52.9 Å². The third-order valence-electron chi connectivity index (χ3n) is 5.10. The molecule has 0 saturated heterocycles. The van der Waals surface area contributed by atoms with Crippen molar-refractivity contribution in [2.24, 2.45) is 7.05 Å². The number of aromatic nitrogens is 3. The van der Waals surface area contributed by atoms with Crippen molar-refractivity contribution in [1.29, 1.82) is 5.41 Å². The molecule has 0 bridgehead atoms. The lowest BCUT2D eigenvalue weighted by molar-refractivity contribution is 0.228. The van der Waals surface area contributed by atoms with Crippen LogP contribution in [0.1, 0.15) is 36.6 Å². The molecule has 4 N–H and O–H groups in total. The zero-order valence-corrected chi connectivity index (χ0v) is 21.5. The number of benzene rings is 1. The maximum atomic E-state index is 7.95. The van der Waals surface area contributed by atoms with Gasteiger partial charge in [-0.15, -0.1) is 0 Å². The Balaban J connectivity index is 2.03. The minimum atomic E-state index is -0.309. The topological polar surface area (TPSA) is 102 Å². The predicted octanol–water partition coefficient (Wildman–Crippen LogP) is 5.53. The van der Waals surface area contributed by atoms with E-state index in [0.717, 1.165) is 39.0 Å². The smallest absolute Gasteiger partial charge is 0.166 e. The molecule has 9 heteroatoms. The number of nitrogens with two attached hydrogens (primary N) is 1. The molecule has 0 aliphatic heterocycles. The number of nitrogens with one attached hydrogen (secondary N) is 2. The zero-order chi connectivity index (χ0) is 24.1. The first-order chi connectivity index (χ1) is 15.7. The summed E-state index contributed by atoms with van der Waals surface area (Å²) in [5, 5.41) is 15.8. The van der Waals surface area contributed by atoms with E-state index >= 15 is 0 Å². The van der Waals surface area contributed by atoms with Crippen molar-refractivity contribution in [1.82, 2.24) is 20.1 Å². The van der Waals surface area contributed by atoms with Crippen LogP contribution in [0.25, 0.3) is 11.3 Å². The van der Waals surface area contributed by atoms with Gasteiger partial charge in [0.25, 0.3) is 0 Å². The van der Waals surface area contributed by atoms with Gasteiger partial charge in [0.1, 0.15) is 11.3 Å². The SMILES string of the molecule is CCN/C=C(/Cc1cn(C)nc1-c1ccc(C)cc1[C@@H](C)Oc1cc(Br)cnc1N)C(=N)Cl. The molecule has 2 aromatic heterocycles. The lowest BCUT2D eigenvalue weighted by Gasteiger charge is -2.20. The third kappa shape index (κ3) is 6.15. The number of rotatable bonds is 9. The summed E-state index contributed by atoms with van der Waals surface area (Å²) in [5.41, 5.74) is 11.6. The van der Waals surface area contributed by atoms with E-state index in [4.69, 9.17) is 32.6 Å². The Bertz CT molecular complexity index is 1190. The summed E-state index contributed by atoms with van der Waals surface area (Å²) in [6.45, 7) is 6.76. The number of aryl methyl sites for hydroxylation is 2. The number of ether oxygens (including phenoxy) is 1. The van der Waals surface area contributed by atoms with E-state index < -0.39 is 0 Å². The Kier molecular flexibility index (Phi) is 8.15. The van der Waals surface area contributed by atoms with Crippen molar-refractivity contribution < 1.29 is 4.74 Å². The Morgan fingerprint density at radius 2 is 2.15 bits per heavy atom. The third-order valence-corrected chi connectivity index (χ3v) is 5.78. The maximum Gasteiger partial charge on any atom is 0.166 e. The summed E-state index contributed by atoms with van der Waals surface area (Å²) in [6.07, 6.45) is 5.55. The molecule has 174 valence electrons. The van der Waals surface area contributed by atoms with Crippen LogP contribution in [0, 0.1) is 12.3 Å². The highest BCUT2D eigenvalue weighted by molar-refractivity contribution is 9.10. The molecule has 0 aliphatic carbocycles. The Morgan fingerprint density at radius 1 is 1.39 bits per heavy atom. The average molecular weight is 532 g/mol. The van der Waals surface area contributed by atoms with Crippen molar-refractivity contribution in [3.63, 3.8) is 0 Å². The molecule has 1 aromatic carbocycles. The fraction of sp³-hybridized carbons (Fsp3) is 0.292. The van der Waals surface area contributed by atoms with Crippen LogP contribution < -0.4 is 15.8 Å². The van der Waals surface area contributed by atoms with E-state index in [1.54, 1.807) is 17.1 Å². The Morgan fingerprint density at radius 3 is 2.85 bits per heavy atom. The van der Waals surface area contributed by atoms with Crippen molar-refractivity contribution in [2.45, 2.75) is 33.3 Å². The number of allylic oxidation sites excluding steroid dienone is 1. The first-order valence-corrected chi connectivity index (χ1v) is 11.7. The van der Waals surface area contributed by atoms with Crippen LogP contribution in [0.4, 0.5) is 5.82 Å². The summed E-state index contributed by atoms with van der Waals surface area (Å²) in [6, 6.07) is 8.01. The molecule has 2 heterocycles. The molecule has 0 spiro atoms. The maximum absolute atomic E-state index is 7.95. The summed E-state index contributed by atoms with van der Waals surface area (Å²) >= 11 is 9.48. The van der Waals surface area contributed by atoms with E-state index in [-0.39, 0.29) is 11.3 Å². The van der Waals surface area contributed by atoms with E-state index in [1.165, 1.54) is 0 Å². The monoisotopic (exact) mass is 530 g/mol. The largest absolute Gasteiger partial charge is 0.482 e. The predicted molar refractivity (Wildman–Crippen MR) is 138 cm³/mol. The number of halogens is 2. The number of nitrogen functional groups attached to an aromatic ring is 1. The molecular formula is C24H28BrClN6O. The van der Waals surface area contributed by atoms with Gasteiger partial charge < -0.3 is 15.8 Å². The second-order valence-electron chi connectivity index (χ2n) is 7.78. The number of anilines is 1. The van der Waals surface area contributed by atoms with E-state index in [9.17, 15) is 0 Å². The Labute approximate surface area is 207 Å². The van der Waals surface area contributed by atoms with Gasteiger partial charge in [0, 0.05) is 65.3 Å². The van der Waals surface area contributed by atoms with Crippen LogP contribution in [-0.4, -0.2) is 26.5 Å². The molecule has 7 nitrogen and oxygen atoms in total. The molecule has 3 rings (SSSR count). The molecule has 0 fully saturated rings. The zero-order valence-electron chi connectivity index (χ0n) is 19.1. The van der Waals surface area contributed by atoms with Crippen molar-refractivity contribution >= 4 is 38.5 Å². The van der Waals surface area contributed by atoms with E-state index in [2.05, 4.69) is 44.4 Å². The second kappa shape index (κ2) is 10.9. The van der Waals surface area contributed by atoms with Crippen LogP contribution >= 0.6 is 27.5 Å². The molecule has 0 amide bonds. The fourth-order valence-electron chi connectivity index (χ4n) is 3.53. The first kappa shape index (κ1) is 24.8. The highest BCUT2D eigenvalue weighted by Crippen LogP contribution is 2.35. The van der Waals surface area contributed by atoms with Crippen LogP contribution in [0.2, 0.25) is 0 Å². The van der Waals surface area contributed by atoms with E-state index in [1.807, 2.05) is 40.1 Å². The molecule has 0 unspecified atom stereocenters. The van der Waals surface area contributed by atoms with Gasteiger partial charge in [-0.25, -0.2) is 4.98 Å². The lowest BCUT2D eigenvalue weighted by Crippen LogP contribution is -2.10. The minimum Gasteiger partial charge on any atom is -0.482 e. The van der Waals surface area contributed by atoms with Gasteiger partial charge in [-0.05, 0) is 42.8 Å². The summed E-state index contributed by atoms with van der Waals surface area (Å²) < 4.78 is 8.79. The molecular weight excluding hydrogens is 504 g/mol. The average Bonchev–Trinajstić information content (AvgIpc) is 3.13. The van der Waals surface area contributed by atoms with Crippen molar-refractivity contribution in [3.8, 4) is 17.0 Å². The molecule has 33 heavy (non-hydrogen) atoms. The quantitative estimate of drug-likeness (QED) is 0.315. The van der Waals surface area contributed by atoms with Gasteiger partial charge in [-0.2, -0.15) is 5.10 Å². The molecule has 0 saturated carbocycles. The Hall–Kier alpha value is -2.84.